The SMILES string of the molecule is CCCCOc1ccc(C2=NC(C)(C)N=C2SCC(=O)Nc2ccc(OC)c(OC)c2)cc1. The summed E-state index contributed by atoms with van der Waals surface area (Å²) in [6.07, 6.45) is 2.13. The fourth-order valence-electron chi connectivity index (χ4n) is 3.22. The molecule has 1 heterocycles. The van der Waals surface area contributed by atoms with Crippen LogP contribution in [0.5, 0.6) is 17.2 Å². The number of hydrogen-bond acceptors (Lipinski definition) is 7. The molecule has 0 bridgehead atoms. The van der Waals surface area contributed by atoms with E-state index in [-0.39, 0.29) is 11.7 Å². The molecule has 0 radical (unpaired) electrons. The third-order valence-corrected chi connectivity index (χ3v) is 5.83. The minimum atomic E-state index is -0.562. The Hall–Kier alpha value is -3.00. The van der Waals surface area contributed by atoms with Crippen molar-refractivity contribution in [2.75, 3.05) is 31.9 Å². The van der Waals surface area contributed by atoms with E-state index in [9.17, 15) is 4.79 Å². The van der Waals surface area contributed by atoms with E-state index in [2.05, 4.69) is 12.2 Å². The molecule has 0 fully saturated rings. The van der Waals surface area contributed by atoms with E-state index >= 15 is 0 Å². The number of amides is 1. The first-order valence-electron chi connectivity index (χ1n) is 10.9. The zero-order valence-electron chi connectivity index (χ0n) is 19.8. The van der Waals surface area contributed by atoms with Crippen molar-refractivity contribution in [3.8, 4) is 17.2 Å². The van der Waals surface area contributed by atoms with Gasteiger partial charge in [-0.1, -0.05) is 25.1 Å². The highest BCUT2D eigenvalue weighted by Gasteiger charge is 2.28. The number of nitrogens with one attached hydrogen (secondary N) is 1. The molecule has 0 spiro atoms. The molecule has 0 aliphatic carbocycles. The lowest BCUT2D eigenvalue weighted by molar-refractivity contribution is -0.113. The van der Waals surface area contributed by atoms with Gasteiger partial charge < -0.3 is 19.5 Å². The molecule has 1 amide bonds. The largest absolute Gasteiger partial charge is 0.494 e. The number of carbonyl (C=O) groups is 1. The van der Waals surface area contributed by atoms with Crippen LogP contribution in [0.1, 0.15) is 39.2 Å². The second kappa shape index (κ2) is 11.2. The lowest BCUT2D eigenvalue weighted by Crippen LogP contribution is -2.17. The van der Waals surface area contributed by atoms with Crippen LogP contribution in [0.25, 0.3) is 0 Å². The van der Waals surface area contributed by atoms with Crippen LogP contribution < -0.4 is 19.5 Å². The van der Waals surface area contributed by atoms with Gasteiger partial charge in [0, 0.05) is 17.3 Å². The highest BCUT2D eigenvalue weighted by Crippen LogP contribution is 2.30. The van der Waals surface area contributed by atoms with Crippen molar-refractivity contribution in [3.05, 3.63) is 48.0 Å². The first-order valence-corrected chi connectivity index (χ1v) is 11.9. The zero-order valence-corrected chi connectivity index (χ0v) is 20.6. The molecule has 2 aromatic carbocycles. The van der Waals surface area contributed by atoms with E-state index in [0.29, 0.717) is 23.8 Å². The predicted molar refractivity (Wildman–Crippen MR) is 136 cm³/mol. The Labute approximate surface area is 199 Å². The fourth-order valence-corrected chi connectivity index (χ4v) is 4.15. The van der Waals surface area contributed by atoms with Gasteiger partial charge in [-0.3, -0.25) is 9.79 Å². The molecule has 1 aliphatic rings. The summed E-state index contributed by atoms with van der Waals surface area (Å²) in [5, 5.41) is 3.64. The Morgan fingerprint density at radius 2 is 1.76 bits per heavy atom. The third-order valence-electron chi connectivity index (χ3n) is 4.86. The average Bonchev–Trinajstić information content (AvgIpc) is 3.12. The topological polar surface area (TPSA) is 81.5 Å². The van der Waals surface area contributed by atoms with Crippen LogP contribution in [0.3, 0.4) is 0 Å². The van der Waals surface area contributed by atoms with Crippen LogP contribution in [0.2, 0.25) is 0 Å². The summed E-state index contributed by atoms with van der Waals surface area (Å²) in [5.41, 5.74) is 1.83. The maximum atomic E-state index is 12.6. The van der Waals surface area contributed by atoms with Crippen molar-refractivity contribution < 1.29 is 19.0 Å². The van der Waals surface area contributed by atoms with Gasteiger partial charge in [-0.15, -0.1) is 0 Å². The van der Waals surface area contributed by atoms with Crippen molar-refractivity contribution >= 4 is 34.1 Å². The molecule has 1 aliphatic heterocycles. The monoisotopic (exact) mass is 469 g/mol. The van der Waals surface area contributed by atoms with E-state index < -0.39 is 5.66 Å². The lowest BCUT2D eigenvalue weighted by atomic mass is 10.1. The fraction of sp³-hybridized carbons (Fsp3) is 0.400. The minimum Gasteiger partial charge on any atom is -0.494 e. The first kappa shape index (κ1) is 24.6. The smallest absolute Gasteiger partial charge is 0.234 e. The van der Waals surface area contributed by atoms with Crippen LogP contribution in [0, 0.1) is 0 Å². The van der Waals surface area contributed by atoms with E-state index in [0.717, 1.165) is 34.9 Å². The van der Waals surface area contributed by atoms with Crippen LogP contribution >= 0.6 is 11.8 Å². The number of benzene rings is 2. The normalized spacial score (nSPS) is 14.3. The number of aliphatic imine (C=N–C) groups is 2. The van der Waals surface area contributed by atoms with Gasteiger partial charge in [0.2, 0.25) is 5.91 Å². The average molecular weight is 470 g/mol. The van der Waals surface area contributed by atoms with Gasteiger partial charge in [0.1, 0.15) is 16.5 Å². The number of unbranched alkanes of at least 4 members (excludes halogenated alkanes) is 1. The molecule has 0 atom stereocenters. The molecule has 2 aromatic rings. The van der Waals surface area contributed by atoms with Gasteiger partial charge >= 0.3 is 0 Å². The van der Waals surface area contributed by atoms with Crippen LogP contribution in [-0.2, 0) is 4.79 Å². The zero-order chi connectivity index (χ0) is 23.8. The Balaban J connectivity index is 1.63. The van der Waals surface area contributed by atoms with Crippen molar-refractivity contribution in [2.45, 2.75) is 39.3 Å². The Kier molecular flexibility index (Phi) is 8.38. The van der Waals surface area contributed by atoms with Crippen molar-refractivity contribution in [2.24, 2.45) is 9.98 Å². The van der Waals surface area contributed by atoms with Crippen molar-refractivity contribution in [1.82, 2.24) is 0 Å². The summed E-state index contributed by atoms with van der Waals surface area (Å²) in [4.78, 5) is 22.1. The highest BCUT2D eigenvalue weighted by molar-refractivity contribution is 8.16. The molecule has 176 valence electrons. The quantitative estimate of drug-likeness (QED) is 0.484. The third kappa shape index (κ3) is 6.74. The standard InChI is InChI=1S/C25H31N3O4S/c1-6-7-14-32-19-11-8-17(9-12-19)23-24(28-25(2,3)27-23)33-16-22(29)26-18-10-13-20(30-4)21(15-18)31-5/h8-13,15H,6-7,14,16H2,1-5H3,(H,26,29). The summed E-state index contributed by atoms with van der Waals surface area (Å²) in [6.45, 7) is 6.75. The minimum absolute atomic E-state index is 0.140. The molecular formula is C25H31N3O4S. The van der Waals surface area contributed by atoms with Crippen LogP contribution in [-0.4, -0.2) is 48.9 Å². The van der Waals surface area contributed by atoms with E-state index in [1.807, 2.05) is 38.1 Å². The summed E-state index contributed by atoms with van der Waals surface area (Å²) < 4.78 is 16.3. The second-order valence-corrected chi connectivity index (χ2v) is 8.97. The van der Waals surface area contributed by atoms with Crippen LogP contribution in [0.15, 0.2) is 52.4 Å². The van der Waals surface area contributed by atoms with Gasteiger partial charge in [0.05, 0.1) is 32.3 Å². The summed E-state index contributed by atoms with van der Waals surface area (Å²) >= 11 is 1.38. The summed E-state index contributed by atoms with van der Waals surface area (Å²) in [5.74, 6) is 2.07. The molecule has 7 nitrogen and oxygen atoms in total. The number of methoxy groups -OCH3 is 2. The molecule has 0 aromatic heterocycles. The van der Waals surface area contributed by atoms with Crippen molar-refractivity contribution in [1.29, 1.82) is 0 Å². The number of carbonyl (C=O) groups excluding carboxylic acids is 1. The number of anilines is 1. The van der Waals surface area contributed by atoms with Gasteiger partial charge in [0.15, 0.2) is 11.5 Å². The molecule has 33 heavy (non-hydrogen) atoms. The van der Waals surface area contributed by atoms with E-state index in [1.165, 1.54) is 11.8 Å². The predicted octanol–water partition coefficient (Wildman–Crippen LogP) is 5.19. The van der Waals surface area contributed by atoms with Gasteiger partial charge in [-0.05, 0) is 56.7 Å². The summed E-state index contributed by atoms with van der Waals surface area (Å²) in [7, 11) is 3.13. The number of nitrogens with zero attached hydrogens (tertiary/aromatic N) is 2. The van der Waals surface area contributed by atoms with Crippen molar-refractivity contribution in [3.63, 3.8) is 0 Å². The van der Waals surface area contributed by atoms with Gasteiger partial charge in [-0.25, -0.2) is 4.99 Å². The maximum absolute atomic E-state index is 12.6. The van der Waals surface area contributed by atoms with E-state index in [4.69, 9.17) is 24.2 Å². The molecule has 8 heteroatoms. The molecule has 3 rings (SSSR count). The number of rotatable bonds is 10. The van der Waals surface area contributed by atoms with Gasteiger partial charge in [-0.2, -0.15) is 0 Å². The molecule has 0 saturated carbocycles. The molecular weight excluding hydrogens is 438 g/mol. The summed E-state index contributed by atoms with van der Waals surface area (Å²) in [6, 6.07) is 13.1. The maximum Gasteiger partial charge on any atom is 0.234 e. The highest BCUT2D eigenvalue weighted by atomic mass is 32.2. The molecule has 0 unspecified atom stereocenters. The Bertz CT molecular complexity index is 1030. The Morgan fingerprint density at radius 3 is 2.42 bits per heavy atom. The van der Waals surface area contributed by atoms with Gasteiger partial charge in [0.25, 0.3) is 0 Å². The van der Waals surface area contributed by atoms with E-state index in [1.54, 1.807) is 32.4 Å². The van der Waals surface area contributed by atoms with Crippen LogP contribution in [0.4, 0.5) is 5.69 Å². The second-order valence-electron chi connectivity index (χ2n) is 8.00. The molecule has 0 saturated heterocycles. The molecule has 1 N–H and O–H groups in total. The number of hydrogen-bond donors (Lipinski definition) is 1. The first-order chi connectivity index (χ1) is 15.8. The number of ether oxygens (including phenoxy) is 3. The number of thioether (sulfide) groups is 1. The Morgan fingerprint density at radius 1 is 1.03 bits per heavy atom. The lowest BCUT2D eigenvalue weighted by Gasteiger charge is -2.11.